The summed E-state index contributed by atoms with van der Waals surface area (Å²) in [5.41, 5.74) is 1.26. The lowest BCUT2D eigenvalue weighted by molar-refractivity contribution is 0.153. The molecule has 1 aromatic rings. The molecule has 0 aromatic heterocycles. The molecule has 1 saturated heterocycles. The molecular formula is C16H23BrN2O2S. The number of hydrogen-bond acceptors (Lipinski definition) is 3. The van der Waals surface area contributed by atoms with Gasteiger partial charge in [-0.05, 0) is 43.9 Å². The highest BCUT2D eigenvalue weighted by atomic mass is 79.9. The minimum Gasteiger partial charge on any atom is -0.297 e. The Labute approximate surface area is 141 Å². The largest absolute Gasteiger partial charge is 0.297 e. The van der Waals surface area contributed by atoms with Gasteiger partial charge < -0.3 is 0 Å². The molecule has 2 aliphatic rings. The molecule has 6 heteroatoms. The van der Waals surface area contributed by atoms with E-state index in [1.165, 1.54) is 5.56 Å². The van der Waals surface area contributed by atoms with E-state index in [9.17, 15) is 8.42 Å². The second-order valence-electron chi connectivity index (χ2n) is 6.38. The van der Waals surface area contributed by atoms with E-state index in [2.05, 4.69) is 33.0 Å². The topological polar surface area (TPSA) is 40.6 Å². The van der Waals surface area contributed by atoms with Gasteiger partial charge in [-0.1, -0.05) is 34.1 Å². The fraction of sp³-hybridized carbons (Fsp3) is 0.625. The summed E-state index contributed by atoms with van der Waals surface area (Å²) in [7, 11) is -1.31. The second-order valence-corrected chi connectivity index (χ2v) is 9.51. The molecule has 0 bridgehead atoms. The summed E-state index contributed by atoms with van der Waals surface area (Å²) in [6.07, 6.45) is 3.69. The highest BCUT2D eigenvalue weighted by molar-refractivity contribution is 9.10. The van der Waals surface area contributed by atoms with Crippen LogP contribution in [-0.2, 0) is 16.6 Å². The number of halogens is 1. The first-order valence-electron chi connectivity index (χ1n) is 7.91. The van der Waals surface area contributed by atoms with Crippen LogP contribution in [0.2, 0.25) is 0 Å². The number of hydrogen-bond donors (Lipinski definition) is 0. The predicted molar refractivity (Wildman–Crippen MR) is 92.1 cm³/mol. The molecule has 1 heterocycles. The lowest BCUT2D eigenvalue weighted by Gasteiger charge is -2.37. The summed E-state index contributed by atoms with van der Waals surface area (Å²) in [6, 6.07) is 8.36. The van der Waals surface area contributed by atoms with Crippen LogP contribution in [0.1, 0.15) is 31.2 Å². The quantitative estimate of drug-likeness (QED) is 0.780. The summed E-state index contributed by atoms with van der Waals surface area (Å²) < 4.78 is 27.6. The number of rotatable bonds is 5. The normalized spacial score (nSPS) is 23.9. The van der Waals surface area contributed by atoms with E-state index in [0.717, 1.165) is 49.8 Å². The van der Waals surface area contributed by atoms with Gasteiger partial charge in [0.2, 0.25) is 10.0 Å². The Morgan fingerprint density at radius 1 is 1.27 bits per heavy atom. The van der Waals surface area contributed by atoms with Gasteiger partial charge in [-0.3, -0.25) is 4.90 Å². The maximum absolute atomic E-state index is 12.4. The van der Waals surface area contributed by atoms with Gasteiger partial charge in [0.1, 0.15) is 0 Å². The lowest BCUT2D eigenvalue weighted by Crippen LogP contribution is -2.49. The van der Waals surface area contributed by atoms with Crippen molar-refractivity contribution in [2.24, 2.45) is 0 Å². The van der Waals surface area contributed by atoms with Gasteiger partial charge in [0.25, 0.3) is 0 Å². The average molecular weight is 387 g/mol. The van der Waals surface area contributed by atoms with Crippen molar-refractivity contribution in [2.75, 3.05) is 20.1 Å². The van der Waals surface area contributed by atoms with Crippen molar-refractivity contribution >= 4 is 26.0 Å². The van der Waals surface area contributed by atoms with E-state index in [4.69, 9.17) is 0 Å². The van der Waals surface area contributed by atoms with E-state index in [1.54, 1.807) is 11.4 Å². The molecule has 1 atom stereocenters. The standard InChI is InChI=1S/C16H23BrN2O2S/c1-18(22(20,21)15-8-9-15)14-6-4-10-19(12-14)11-13-5-2-3-7-16(13)17/h2-3,5,7,14-15H,4,6,8-12H2,1H3. The smallest absolute Gasteiger partial charge is 0.217 e. The zero-order valence-electron chi connectivity index (χ0n) is 12.9. The van der Waals surface area contributed by atoms with E-state index < -0.39 is 10.0 Å². The number of sulfonamides is 1. The number of benzene rings is 1. The Hall–Kier alpha value is -0.430. The van der Waals surface area contributed by atoms with Crippen molar-refractivity contribution in [1.29, 1.82) is 0 Å². The Bertz CT molecular complexity index is 631. The van der Waals surface area contributed by atoms with Crippen LogP contribution in [0.5, 0.6) is 0 Å². The van der Waals surface area contributed by atoms with Gasteiger partial charge in [0, 0.05) is 30.7 Å². The summed E-state index contributed by atoms with van der Waals surface area (Å²) in [5.74, 6) is 0. The maximum Gasteiger partial charge on any atom is 0.217 e. The number of piperidine rings is 1. The number of likely N-dealkylation sites (tertiary alicyclic amines) is 1. The van der Waals surface area contributed by atoms with Crippen LogP contribution in [0.3, 0.4) is 0 Å². The molecule has 1 saturated carbocycles. The minimum atomic E-state index is -3.07. The van der Waals surface area contributed by atoms with Crippen molar-refractivity contribution in [3.05, 3.63) is 34.3 Å². The third-order valence-electron chi connectivity index (χ3n) is 4.69. The third kappa shape index (κ3) is 3.55. The lowest BCUT2D eigenvalue weighted by atomic mass is 10.1. The molecule has 22 heavy (non-hydrogen) atoms. The third-order valence-corrected chi connectivity index (χ3v) is 7.88. The van der Waals surface area contributed by atoms with Crippen LogP contribution in [0.25, 0.3) is 0 Å². The molecule has 0 amide bonds. The van der Waals surface area contributed by atoms with Crippen LogP contribution in [-0.4, -0.2) is 49.1 Å². The van der Waals surface area contributed by atoms with Gasteiger partial charge in [-0.25, -0.2) is 12.7 Å². The zero-order chi connectivity index (χ0) is 15.7. The fourth-order valence-electron chi connectivity index (χ4n) is 3.15. The SMILES string of the molecule is CN(C1CCCN(Cc2ccccc2Br)C1)S(=O)(=O)C1CC1. The average Bonchev–Trinajstić information content (AvgIpc) is 3.34. The molecule has 1 aliphatic carbocycles. The molecule has 0 N–H and O–H groups in total. The number of likely N-dealkylation sites (N-methyl/N-ethyl adjacent to an activating group) is 1. The molecule has 0 radical (unpaired) electrons. The summed E-state index contributed by atoms with van der Waals surface area (Å²) in [4.78, 5) is 2.37. The van der Waals surface area contributed by atoms with Gasteiger partial charge >= 0.3 is 0 Å². The molecule has 3 rings (SSSR count). The van der Waals surface area contributed by atoms with E-state index in [1.807, 2.05) is 12.1 Å². The van der Waals surface area contributed by atoms with Crippen LogP contribution in [0.4, 0.5) is 0 Å². The van der Waals surface area contributed by atoms with Crippen LogP contribution >= 0.6 is 15.9 Å². The predicted octanol–water partition coefficient (Wildman–Crippen LogP) is 2.84. The first-order valence-corrected chi connectivity index (χ1v) is 10.2. The molecule has 1 unspecified atom stereocenters. The van der Waals surface area contributed by atoms with Gasteiger partial charge in [0.05, 0.1) is 5.25 Å². The summed E-state index contributed by atoms with van der Waals surface area (Å²) in [5, 5.41) is -0.115. The van der Waals surface area contributed by atoms with E-state index in [-0.39, 0.29) is 11.3 Å². The Kier molecular flexibility index (Phi) is 4.92. The monoisotopic (exact) mass is 386 g/mol. The minimum absolute atomic E-state index is 0.113. The Morgan fingerprint density at radius 2 is 2.00 bits per heavy atom. The maximum atomic E-state index is 12.4. The van der Waals surface area contributed by atoms with E-state index >= 15 is 0 Å². The molecule has 2 fully saturated rings. The van der Waals surface area contributed by atoms with Crippen LogP contribution in [0, 0.1) is 0 Å². The molecule has 4 nitrogen and oxygen atoms in total. The van der Waals surface area contributed by atoms with Gasteiger partial charge in [0.15, 0.2) is 0 Å². The molecule has 0 spiro atoms. The highest BCUT2D eigenvalue weighted by Crippen LogP contribution is 2.32. The first kappa shape index (κ1) is 16.4. The number of nitrogens with zero attached hydrogens (tertiary/aromatic N) is 2. The van der Waals surface area contributed by atoms with E-state index in [0.29, 0.717) is 0 Å². The van der Waals surface area contributed by atoms with Crippen molar-refractivity contribution < 1.29 is 8.42 Å². The summed E-state index contributed by atoms with van der Waals surface area (Å²) in [6.45, 7) is 2.73. The first-order chi connectivity index (χ1) is 10.5. The van der Waals surface area contributed by atoms with Gasteiger partial charge in [-0.15, -0.1) is 0 Å². The van der Waals surface area contributed by atoms with Crippen molar-refractivity contribution in [3.8, 4) is 0 Å². The van der Waals surface area contributed by atoms with Crippen LogP contribution < -0.4 is 0 Å². The zero-order valence-corrected chi connectivity index (χ0v) is 15.3. The molecular weight excluding hydrogens is 364 g/mol. The van der Waals surface area contributed by atoms with Gasteiger partial charge in [-0.2, -0.15) is 0 Å². The van der Waals surface area contributed by atoms with Crippen molar-refractivity contribution in [1.82, 2.24) is 9.21 Å². The fourth-order valence-corrected chi connectivity index (χ4v) is 5.35. The molecule has 1 aromatic carbocycles. The second kappa shape index (κ2) is 6.59. The highest BCUT2D eigenvalue weighted by Gasteiger charge is 2.41. The van der Waals surface area contributed by atoms with Crippen molar-refractivity contribution in [2.45, 2.75) is 43.5 Å². The molecule has 122 valence electrons. The Morgan fingerprint density at radius 3 is 2.68 bits per heavy atom. The summed E-state index contributed by atoms with van der Waals surface area (Å²) >= 11 is 3.59. The molecule has 1 aliphatic heterocycles. The van der Waals surface area contributed by atoms with Crippen molar-refractivity contribution in [3.63, 3.8) is 0 Å². The van der Waals surface area contributed by atoms with Crippen LogP contribution in [0.15, 0.2) is 28.7 Å². The Balaban J connectivity index is 1.65.